The van der Waals surface area contributed by atoms with Crippen LogP contribution in [0, 0.1) is 11.3 Å². The fraction of sp³-hybridized carbons (Fsp3) is 1.00. The summed E-state index contributed by atoms with van der Waals surface area (Å²) in [6.45, 7) is 5.02. The van der Waals surface area contributed by atoms with E-state index in [4.69, 9.17) is 0 Å². The van der Waals surface area contributed by atoms with Crippen molar-refractivity contribution in [2.45, 2.75) is 32.6 Å². The fourth-order valence-electron chi connectivity index (χ4n) is 2.39. The van der Waals surface area contributed by atoms with Gasteiger partial charge in [-0.05, 0) is 43.7 Å². The molecular weight excluding hydrogens is 122 g/mol. The summed E-state index contributed by atoms with van der Waals surface area (Å²) in [5.41, 5.74) is 0.740. The highest BCUT2D eigenvalue weighted by Gasteiger charge is 2.40. The minimum atomic E-state index is 0.740. The van der Waals surface area contributed by atoms with Crippen LogP contribution in [0.4, 0.5) is 0 Å². The lowest BCUT2D eigenvalue weighted by atomic mass is 9.62. The lowest BCUT2D eigenvalue weighted by molar-refractivity contribution is 0.0830. The predicted molar refractivity (Wildman–Crippen MR) is 42.9 cm³/mol. The van der Waals surface area contributed by atoms with E-state index < -0.39 is 0 Å². The van der Waals surface area contributed by atoms with Gasteiger partial charge in [-0.2, -0.15) is 0 Å². The van der Waals surface area contributed by atoms with Crippen LogP contribution in [0.1, 0.15) is 32.6 Å². The lowest BCUT2D eigenvalue weighted by Crippen LogP contribution is -2.35. The standard InChI is InChI=1S/C9H17N/c1-9(4-2-5-9)8-3-6-10-7-8/h8,10H,2-7H2,1H3. The summed E-state index contributed by atoms with van der Waals surface area (Å²) in [5, 5.41) is 3.45. The number of hydrogen-bond acceptors (Lipinski definition) is 1. The summed E-state index contributed by atoms with van der Waals surface area (Å²) in [7, 11) is 0. The van der Waals surface area contributed by atoms with Gasteiger partial charge in [0.2, 0.25) is 0 Å². The fourth-order valence-corrected chi connectivity index (χ4v) is 2.39. The molecule has 1 atom stereocenters. The van der Waals surface area contributed by atoms with Gasteiger partial charge in [0.15, 0.2) is 0 Å². The molecule has 1 heteroatoms. The molecule has 1 N–H and O–H groups in total. The van der Waals surface area contributed by atoms with E-state index in [0.29, 0.717) is 0 Å². The summed E-state index contributed by atoms with van der Waals surface area (Å²) in [4.78, 5) is 0. The summed E-state index contributed by atoms with van der Waals surface area (Å²) < 4.78 is 0. The Morgan fingerprint density at radius 3 is 2.60 bits per heavy atom. The van der Waals surface area contributed by atoms with Crippen LogP contribution in [0.15, 0.2) is 0 Å². The largest absolute Gasteiger partial charge is 0.316 e. The molecule has 2 fully saturated rings. The number of hydrogen-bond donors (Lipinski definition) is 1. The van der Waals surface area contributed by atoms with E-state index in [1.807, 2.05) is 0 Å². The van der Waals surface area contributed by atoms with Gasteiger partial charge in [-0.25, -0.2) is 0 Å². The van der Waals surface area contributed by atoms with Crippen molar-refractivity contribution < 1.29 is 0 Å². The Labute approximate surface area is 63.2 Å². The van der Waals surface area contributed by atoms with Gasteiger partial charge in [0.25, 0.3) is 0 Å². The van der Waals surface area contributed by atoms with Gasteiger partial charge in [0.05, 0.1) is 0 Å². The molecule has 0 spiro atoms. The van der Waals surface area contributed by atoms with Crippen molar-refractivity contribution in [2.24, 2.45) is 11.3 Å². The van der Waals surface area contributed by atoms with E-state index in [1.165, 1.54) is 38.8 Å². The Bertz CT molecular complexity index is 121. The Hall–Kier alpha value is -0.0400. The first-order valence-corrected chi connectivity index (χ1v) is 4.52. The third kappa shape index (κ3) is 0.878. The molecule has 1 heterocycles. The Morgan fingerprint density at radius 2 is 2.20 bits per heavy atom. The number of nitrogens with one attached hydrogen (secondary N) is 1. The first kappa shape index (κ1) is 6.66. The molecule has 0 bridgehead atoms. The van der Waals surface area contributed by atoms with Gasteiger partial charge >= 0.3 is 0 Å². The molecule has 0 radical (unpaired) electrons. The van der Waals surface area contributed by atoms with Crippen LogP contribution < -0.4 is 5.32 Å². The van der Waals surface area contributed by atoms with Crippen LogP contribution in [0.3, 0.4) is 0 Å². The Kier molecular flexibility index (Phi) is 1.48. The molecule has 10 heavy (non-hydrogen) atoms. The molecule has 1 nitrogen and oxygen atoms in total. The molecule has 1 aliphatic carbocycles. The van der Waals surface area contributed by atoms with Crippen molar-refractivity contribution in [1.29, 1.82) is 0 Å². The van der Waals surface area contributed by atoms with Crippen LogP contribution in [0.5, 0.6) is 0 Å². The van der Waals surface area contributed by atoms with Crippen LogP contribution in [0.2, 0.25) is 0 Å². The van der Waals surface area contributed by atoms with Gasteiger partial charge in [0.1, 0.15) is 0 Å². The molecule has 58 valence electrons. The summed E-state index contributed by atoms with van der Waals surface area (Å²) in [5.74, 6) is 1.00. The maximum Gasteiger partial charge on any atom is -0.00148 e. The van der Waals surface area contributed by atoms with E-state index in [9.17, 15) is 0 Å². The van der Waals surface area contributed by atoms with E-state index in [2.05, 4.69) is 12.2 Å². The van der Waals surface area contributed by atoms with Crippen molar-refractivity contribution in [3.63, 3.8) is 0 Å². The molecular formula is C9H17N. The average Bonchev–Trinajstić information content (AvgIpc) is 2.33. The molecule has 0 amide bonds. The Balaban J connectivity index is 1.96. The molecule has 2 rings (SSSR count). The van der Waals surface area contributed by atoms with Gasteiger partial charge in [-0.15, -0.1) is 0 Å². The monoisotopic (exact) mass is 139 g/mol. The summed E-state index contributed by atoms with van der Waals surface area (Å²) >= 11 is 0. The maximum absolute atomic E-state index is 3.45. The van der Waals surface area contributed by atoms with Gasteiger partial charge in [-0.1, -0.05) is 13.3 Å². The summed E-state index contributed by atoms with van der Waals surface area (Å²) in [6.07, 6.45) is 5.88. The van der Waals surface area contributed by atoms with Crippen molar-refractivity contribution >= 4 is 0 Å². The minimum absolute atomic E-state index is 0.740. The van der Waals surface area contributed by atoms with Gasteiger partial charge in [-0.3, -0.25) is 0 Å². The Morgan fingerprint density at radius 1 is 1.40 bits per heavy atom. The zero-order chi connectivity index (χ0) is 7.03. The minimum Gasteiger partial charge on any atom is -0.316 e. The normalized spacial score (nSPS) is 37.5. The maximum atomic E-state index is 3.45. The highest BCUT2D eigenvalue weighted by Crippen LogP contribution is 2.48. The second-order valence-corrected chi connectivity index (χ2v) is 4.20. The van der Waals surface area contributed by atoms with Crippen LogP contribution >= 0.6 is 0 Å². The van der Waals surface area contributed by atoms with Gasteiger partial charge < -0.3 is 5.32 Å². The quantitative estimate of drug-likeness (QED) is 0.584. The molecule has 1 aliphatic heterocycles. The zero-order valence-corrected chi connectivity index (χ0v) is 6.82. The topological polar surface area (TPSA) is 12.0 Å². The predicted octanol–water partition coefficient (Wildman–Crippen LogP) is 1.79. The first-order valence-electron chi connectivity index (χ1n) is 4.52. The van der Waals surface area contributed by atoms with E-state index in [-0.39, 0.29) is 0 Å². The second-order valence-electron chi connectivity index (χ2n) is 4.20. The molecule has 1 unspecified atom stereocenters. The van der Waals surface area contributed by atoms with Crippen molar-refractivity contribution in [3.05, 3.63) is 0 Å². The van der Waals surface area contributed by atoms with Crippen molar-refractivity contribution in [2.75, 3.05) is 13.1 Å². The third-order valence-corrected chi connectivity index (χ3v) is 3.54. The molecule has 0 aromatic carbocycles. The first-order chi connectivity index (χ1) is 4.81. The lowest BCUT2D eigenvalue weighted by Gasteiger charge is -2.43. The zero-order valence-electron chi connectivity index (χ0n) is 6.82. The van der Waals surface area contributed by atoms with Crippen molar-refractivity contribution in [3.8, 4) is 0 Å². The van der Waals surface area contributed by atoms with Gasteiger partial charge in [0, 0.05) is 0 Å². The van der Waals surface area contributed by atoms with E-state index in [0.717, 1.165) is 11.3 Å². The highest BCUT2D eigenvalue weighted by molar-refractivity contribution is 4.92. The van der Waals surface area contributed by atoms with Crippen molar-refractivity contribution in [1.82, 2.24) is 5.32 Å². The highest BCUT2D eigenvalue weighted by atomic mass is 14.9. The van der Waals surface area contributed by atoms with Crippen LogP contribution in [-0.2, 0) is 0 Å². The smallest absolute Gasteiger partial charge is 0.00148 e. The average molecular weight is 139 g/mol. The van der Waals surface area contributed by atoms with E-state index >= 15 is 0 Å². The molecule has 1 saturated heterocycles. The number of rotatable bonds is 1. The second kappa shape index (κ2) is 2.23. The van der Waals surface area contributed by atoms with E-state index in [1.54, 1.807) is 0 Å². The molecule has 0 aromatic rings. The van der Waals surface area contributed by atoms with Crippen LogP contribution in [0.25, 0.3) is 0 Å². The summed E-state index contributed by atoms with van der Waals surface area (Å²) in [6, 6.07) is 0. The molecule has 0 aromatic heterocycles. The SMILES string of the molecule is CC1(C2CCNC2)CCC1. The third-order valence-electron chi connectivity index (χ3n) is 3.54. The molecule has 1 saturated carbocycles. The molecule has 2 aliphatic rings. The van der Waals surface area contributed by atoms with Crippen LogP contribution in [-0.4, -0.2) is 13.1 Å².